The molecule has 1 saturated heterocycles. The van der Waals surface area contributed by atoms with Crippen LogP contribution in [0.3, 0.4) is 0 Å². The van der Waals surface area contributed by atoms with Crippen molar-refractivity contribution in [3.8, 4) is 0 Å². The zero-order chi connectivity index (χ0) is 20.1. The van der Waals surface area contributed by atoms with Crippen LogP contribution >= 0.6 is 0 Å². The van der Waals surface area contributed by atoms with Crippen LogP contribution in [-0.2, 0) is 10.2 Å². The highest BCUT2D eigenvalue weighted by Gasteiger charge is 2.37. The lowest BCUT2D eigenvalue weighted by Gasteiger charge is -2.30. The first-order chi connectivity index (χ1) is 14.2. The number of benzene rings is 2. The molecule has 3 N–H and O–H groups in total. The third-order valence-corrected chi connectivity index (χ3v) is 6.99. The van der Waals surface area contributed by atoms with Gasteiger partial charge in [0.2, 0.25) is 5.91 Å². The molecule has 0 aromatic heterocycles. The van der Waals surface area contributed by atoms with Gasteiger partial charge in [-0.25, -0.2) is 0 Å². The van der Waals surface area contributed by atoms with Crippen molar-refractivity contribution in [2.45, 2.75) is 37.0 Å². The van der Waals surface area contributed by atoms with Gasteiger partial charge in [-0.1, -0.05) is 73.5 Å². The summed E-state index contributed by atoms with van der Waals surface area (Å²) in [5, 5.41) is 3.27. The Hall–Kier alpha value is -2.17. The first-order valence-corrected chi connectivity index (χ1v) is 11.0. The number of hydrogen-bond acceptors (Lipinski definition) is 3. The monoisotopic (exact) mass is 391 g/mol. The van der Waals surface area contributed by atoms with E-state index in [-0.39, 0.29) is 11.3 Å². The summed E-state index contributed by atoms with van der Waals surface area (Å²) >= 11 is 0. The van der Waals surface area contributed by atoms with E-state index < -0.39 is 0 Å². The SMILES string of the molecule is NC[C@@H]1CN(CC(=O)NCC2(c3ccccc3)CCCC2)C[C@H]1c1ccccc1. The molecule has 2 aliphatic rings. The second-order valence-electron chi connectivity index (χ2n) is 8.84. The highest BCUT2D eigenvalue weighted by Crippen LogP contribution is 2.40. The van der Waals surface area contributed by atoms with Gasteiger partial charge in [-0.2, -0.15) is 0 Å². The number of carbonyl (C=O) groups is 1. The molecule has 2 fully saturated rings. The molecular weight excluding hydrogens is 358 g/mol. The number of nitrogens with zero attached hydrogens (tertiary/aromatic N) is 1. The molecule has 1 saturated carbocycles. The van der Waals surface area contributed by atoms with E-state index >= 15 is 0 Å². The van der Waals surface area contributed by atoms with Crippen molar-refractivity contribution < 1.29 is 4.79 Å². The van der Waals surface area contributed by atoms with E-state index in [0.717, 1.165) is 32.5 Å². The van der Waals surface area contributed by atoms with E-state index in [1.165, 1.54) is 24.0 Å². The topological polar surface area (TPSA) is 58.4 Å². The normalized spacial score (nSPS) is 23.9. The van der Waals surface area contributed by atoms with Crippen molar-refractivity contribution in [1.82, 2.24) is 10.2 Å². The predicted molar refractivity (Wildman–Crippen MR) is 118 cm³/mol. The average Bonchev–Trinajstić information content (AvgIpc) is 3.41. The van der Waals surface area contributed by atoms with E-state index in [2.05, 4.69) is 64.8 Å². The second-order valence-corrected chi connectivity index (χ2v) is 8.84. The molecule has 1 heterocycles. The summed E-state index contributed by atoms with van der Waals surface area (Å²) in [6, 6.07) is 21.3. The minimum absolute atomic E-state index is 0.105. The van der Waals surface area contributed by atoms with Crippen LogP contribution in [0.2, 0.25) is 0 Å². The molecule has 154 valence electrons. The van der Waals surface area contributed by atoms with Gasteiger partial charge in [-0.05, 0) is 36.4 Å². The summed E-state index contributed by atoms with van der Waals surface area (Å²) in [5.74, 6) is 0.965. The molecule has 4 heteroatoms. The molecule has 4 rings (SSSR count). The van der Waals surface area contributed by atoms with E-state index in [1.807, 2.05) is 6.07 Å². The summed E-state index contributed by atoms with van der Waals surface area (Å²) in [5.41, 5.74) is 8.86. The Bertz CT molecular complexity index is 786. The lowest BCUT2D eigenvalue weighted by atomic mass is 9.79. The Morgan fingerprint density at radius 1 is 1.00 bits per heavy atom. The Kier molecular flexibility index (Phi) is 6.31. The Balaban J connectivity index is 1.35. The number of nitrogens with one attached hydrogen (secondary N) is 1. The standard InChI is InChI=1S/C25H33N3O/c26-15-21-16-28(17-23(21)20-9-3-1-4-10-20)18-24(29)27-19-25(13-7-8-14-25)22-11-5-2-6-12-22/h1-6,9-12,21,23H,7-8,13-19,26H2,(H,27,29)/t21-,23+/m1/s1. The molecule has 1 aliphatic heterocycles. The van der Waals surface area contributed by atoms with Gasteiger partial charge in [0, 0.05) is 31.0 Å². The lowest BCUT2D eigenvalue weighted by molar-refractivity contribution is -0.122. The minimum Gasteiger partial charge on any atom is -0.354 e. The number of carbonyl (C=O) groups excluding carboxylic acids is 1. The van der Waals surface area contributed by atoms with E-state index in [9.17, 15) is 4.79 Å². The highest BCUT2D eigenvalue weighted by atomic mass is 16.2. The first-order valence-electron chi connectivity index (χ1n) is 11.0. The maximum Gasteiger partial charge on any atom is 0.234 e. The number of amides is 1. The molecule has 2 aromatic carbocycles. The molecule has 4 nitrogen and oxygen atoms in total. The van der Waals surface area contributed by atoms with Crippen LogP contribution in [0.4, 0.5) is 0 Å². The molecule has 2 atom stereocenters. The van der Waals surface area contributed by atoms with Gasteiger partial charge >= 0.3 is 0 Å². The van der Waals surface area contributed by atoms with Crippen molar-refractivity contribution in [3.05, 3.63) is 71.8 Å². The number of rotatable bonds is 7. The molecule has 0 radical (unpaired) electrons. The number of nitrogens with two attached hydrogens (primary N) is 1. The Morgan fingerprint density at radius 3 is 2.31 bits per heavy atom. The van der Waals surface area contributed by atoms with Crippen LogP contribution in [0, 0.1) is 5.92 Å². The maximum absolute atomic E-state index is 12.8. The second kappa shape index (κ2) is 9.10. The van der Waals surface area contributed by atoms with E-state index in [1.54, 1.807) is 0 Å². The molecule has 0 spiro atoms. The van der Waals surface area contributed by atoms with Crippen LogP contribution in [0.25, 0.3) is 0 Å². The summed E-state index contributed by atoms with van der Waals surface area (Å²) in [7, 11) is 0. The van der Waals surface area contributed by atoms with Gasteiger partial charge in [-0.3, -0.25) is 9.69 Å². The first kappa shape index (κ1) is 20.1. The van der Waals surface area contributed by atoms with Crippen LogP contribution in [0.1, 0.15) is 42.7 Å². The summed E-state index contributed by atoms with van der Waals surface area (Å²) in [6.07, 6.45) is 4.81. The highest BCUT2D eigenvalue weighted by molar-refractivity contribution is 5.78. The largest absolute Gasteiger partial charge is 0.354 e. The van der Waals surface area contributed by atoms with Crippen molar-refractivity contribution >= 4 is 5.91 Å². The van der Waals surface area contributed by atoms with Gasteiger partial charge in [0.1, 0.15) is 0 Å². The molecule has 29 heavy (non-hydrogen) atoms. The van der Waals surface area contributed by atoms with Crippen LogP contribution in [0.15, 0.2) is 60.7 Å². The van der Waals surface area contributed by atoms with Gasteiger partial charge in [-0.15, -0.1) is 0 Å². The van der Waals surface area contributed by atoms with Crippen LogP contribution < -0.4 is 11.1 Å². The van der Waals surface area contributed by atoms with Crippen molar-refractivity contribution in [1.29, 1.82) is 0 Å². The molecule has 1 amide bonds. The molecule has 0 unspecified atom stereocenters. The fourth-order valence-electron chi connectivity index (χ4n) is 5.34. The summed E-state index contributed by atoms with van der Waals surface area (Å²) in [6.45, 7) is 3.67. The van der Waals surface area contributed by atoms with E-state index in [4.69, 9.17) is 5.73 Å². The number of hydrogen-bond donors (Lipinski definition) is 2. The Labute approximate surface area is 174 Å². The third-order valence-electron chi connectivity index (χ3n) is 6.99. The van der Waals surface area contributed by atoms with Crippen molar-refractivity contribution in [3.63, 3.8) is 0 Å². The minimum atomic E-state index is 0.105. The quantitative estimate of drug-likeness (QED) is 0.761. The van der Waals surface area contributed by atoms with Gasteiger partial charge in [0.25, 0.3) is 0 Å². The smallest absolute Gasteiger partial charge is 0.234 e. The average molecular weight is 392 g/mol. The van der Waals surface area contributed by atoms with Gasteiger partial charge in [0.05, 0.1) is 6.54 Å². The van der Waals surface area contributed by atoms with E-state index in [0.29, 0.717) is 24.9 Å². The number of likely N-dealkylation sites (tertiary alicyclic amines) is 1. The van der Waals surface area contributed by atoms with Crippen LogP contribution in [0.5, 0.6) is 0 Å². The van der Waals surface area contributed by atoms with Gasteiger partial charge in [0.15, 0.2) is 0 Å². The van der Waals surface area contributed by atoms with Crippen molar-refractivity contribution in [2.75, 3.05) is 32.7 Å². The Morgan fingerprint density at radius 2 is 1.66 bits per heavy atom. The fourth-order valence-corrected chi connectivity index (χ4v) is 5.34. The van der Waals surface area contributed by atoms with Crippen molar-refractivity contribution in [2.24, 2.45) is 11.7 Å². The zero-order valence-corrected chi connectivity index (χ0v) is 17.2. The summed E-state index contributed by atoms with van der Waals surface area (Å²) in [4.78, 5) is 15.1. The summed E-state index contributed by atoms with van der Waals surface area (Å²) < 4.78 is 0. The zero-order valence-electron chi connectivity index (χ0n) is 17.2. The molecular formula is C25H33N3O. The fraction of sp³-hybridized carbons (Fsp3) is 0.480. The predicted octanol–water partition coefficient (Wildman–Crippen LogP) is 3.29. The van der Waals surface area contributed by atoms with Crippen LogP contribution in [-0.4, -0.2) is 43.5 Å². The van der Waals surface area contributed by atoms with Gasteiger partial charge < -0.3 is 11.1 Å². The molecule has 2 aromatic rings. The maximum atomic E-state index is 12.8. The third kappa shape index (κ3) is 4.54. The lowest BCUT2D eigenvalue weighted by Crippen LogP contribution is -2.43. The molecule has 0 bridgehead atoms. The molecule has 1 aliphatic carbocycles.